The minimum absolute atomic E-state index is 0.0973. The molecule has 1 aromatic carbocycles. The predicted octanol–water partition coefficient (Wildman–Crippen LogP) is 1.49. The van der Waals surface area contributed by atoms with Gasteiger partial charge in [-0.1, -0.05) is 12.1 Å². The Hall–Kier alpha value is -1.91. The molecule has 0 saturated carbocycles. The van der Waals surface area contributed by atoms with Gasteiger partial charge in [-0.2, -0.15) is 0 Å². The average molecular weight is 250 g/mol. The van der Waals surface area contributed by atoms with Crippen molar-refractivity contribution in [2.24, 2.45) is 0 Å². The molecule has 1 atom stereocenters. The van der Waals surface area contributed by atoms with Gasteiger partial charge in [0.1, 0.15) is 6.61 Å². The first-order chi connectivity index (χ1) is 8.74. The molecule has 5 heteroatoms. The fourth-order valence-corrected chi connectivity index (χ4v) is 1.91. The number of carbonyl (C=O) groups excluding carboxylic acids is 1. The molecule has 1 aliphatic heterocycles. The van der Waals surface area contributed by atoms with E-state index in [2.05, 4.69) is 5.32 Å². The van der Waals surface area contributed by atoms with Gasteiger partial charge in [0.15, 0.2) is 17.6 Å². The Labute approximate surface area is 107 Å². The number of urea groups is 1. The summed E-state index contributed by atoms with van der Waals surface area (Å²) in [4.78, 5) is 13.3. The van der Waals surface area contributed by atoms with E-state index in [-0.39, 0.29) is 12.1 Å². The maximum atomic E-state index is 11.6. The second-order valence-corrected chi connectivity index (χ2v) is 4.09. The highest BCUT2D eigenvalue weighted by molar-refractivity contribution is 5.73. The van der Waals surface area contributed by atoms with Crippen molar-refractivity contribution in [2.75, 3.05) is 26.7 Å². The lowest BCUT2D eigenvalue weighted by atomic mass is 10.2. The summed E-state index contributed by atoms with van der Waals surface area (Å²) in [6.45, 7) is 3.56. The predicted molar refractivity (Wildman–Crippen MR) is 68.1 cm³/mol. The van der Waals surface area contributed by atoms with Crippen molar-refractivity contribution in [3.8, 4) is 11.5 Å². The number of para-hydroxylation sites is 2. The number of carbonyl (C=O) groups is 1. The third kappa shape index (κ3) is 2.67. The van der Waals surface area contributed by atoms with E-state index >= 15 is 0 Å². The van der Waals surface area contributed by atoms with Crippen LogP contribution in [0.25, 0.3) is 0 Å². The number of hydrogen-bond donors (Lipinski definition) is 1. The number of ether oxygens (including phenoxy) is 2. The zero-order chi connectivity index (χ0) is 13.0. The summed E-state index contributed by atoms with van der Waals surface area (Å²) >= 11 is 0. The van der Waals surface area contributed by atoms with E-state index < -0.39 is 0 Å². The first kappa shape index (κ1) is 12.5. The number of likely N-dealkylation sites (N-methyl/N-ethyl adjacent to an activating group) is 1. The van der Waals surface area contributed by atoms with Crippen LogP contribution in [-0.2, 0) is 0 Å². The van der Waals surface area contributed by atoms with Crippen molar-refractivity contribution < 1.29 is 14.3 Å². The summed E-state index contributed by atoms with van der Waals surface area (Å²) in [5, 5.41) is 2.62. The smallest absolute Gasteiger partial charge is 0.317 e. The molecule has 1 unspecified atom stereocenters. The Morgan fingerprint density at radius 3 is 2.83 bits per heavy atom. The molecule has 18 heavy (non-hydrogen) atoms. The van der Waals surface area contributed by atoms with Crippen molar-refractivity contribution in [1.29, 1.82) is 0 Å². The van der Waals surface area contributed by atoms with Crippen LogP contribution in [0.2, 0.25) is 0 Å². The van der Waals surface area contributed by atoms with E-state index in [0.29, 0.717) is 19.7 Å². The highest BCUT2D eigenvalue weighted by Crippen LogP contribution is 2.30. The van der Waals surface area contributed by atoms with Crippen LogP contribution < -0.4 is 14.8 Å². The molecule has 0 saturated heterocycles. The molecule has 2 amide bonds. The monoisotopic (exact) mass is 250 g/mol. The standard InChI is InChI=1S/C13H18N2O3/c1-3-15(13(16)14-2)8-10-9-17-11-6-4-5-7-12(11)18-10/h4-7,10H,3,8-9H2,1-2H3,(H,14,16). The van der Waals surface area contributed by atoms with Gasteiger partial charge in [0.05, 0.1) is 6.54 Å². The summed E-state index contributed by atoms with van der Waals surface area (Å²) in [6, 6.07) is 7.46. The number of rotatable bonds is 3. The van der Waals surface area contributed by atoms with Crippen LogP contribution in [0.3, 0.4) is 0 Å². The lowest BCUT2D eigenvalue weighted by Gasteiger charge is -2.30. The van der Waals surface area contributed by atoms with E-state index in [0.717, 1.165) is 11.5 Å². The molecule has 0 fully saturated rings. The molecular formula is C13H18N2O3. The molecule has 0 radical (unpaired) electrons. The molecule has 98 valence electrons. The van der Waals surface area contributed by atoms with Crippen LogP contribution in [0, 0.1) is 0 Å². The first-order valence-electron chi connectivity index (χ1n) is 6.09. The maximum absolute atomic E-state index is 11.6. The fourth-order valence-electron chi connectivity index (χ4n) is 1.91. The SMILES string of the molecule is CCN(CC1COc2ccccc2O1)C(=O)NC. The van der Waals surface area contributed by atoms with Gasteiger partial charge >= 0.3 is 6.03 Å². The second-order valence-electron chi connectivity index (χ2n) is 4.09. The Morgan fingerprint density at radius 2 is 2.17 bits per heavy atom. The second kappa shape index (κ2) is 5.62. The van der Waals surface area contributed by atoms with Crippen LogP contribution in [-0.4, -0.2) is 43.8 Å². The molecule has 0 bridgehead atoms. The largest absolute Gasteiger partial charge is 0.486 e. The number of amides is 2. The summed E-state index contributed by atoms with van der Waals surface area (Å²) in [6.07, 6.45) is -0.128. The minimum Gasteiger partial charge on any atom is -0.486 e. The van der Waals surface area contributed by atoms with Gasteiger partial charge in [0.25, 0.3) is 0 Å². The van der Waals surface area contributed by atoms with Crippen molar-refractivity contribution in [1.82, 2.24) is 10.2 Å². The topological polar surface area (TPSA) is 50.8 Å². The van der Waals surface area contributed by atoms with E-state index in [1.54, 1.807) is 11.9 Å². The van der Waals surface area contributed by atoms with Crippen molar-refractivity contribution in [2.45, 2.75) is 13.0 Å². The zero-order valence-corrected chi connectivity index (χ0v) is 10.7. The lowest BCUT2D eigenvalue weighted by Crippen LogP contribution is -2.46. The number of benzene rings is 1. The maximum Gasteiger partial charge on any atom is 0.317 e. The van der Waals surface area contributed by atoms with Crippen LogP contribution in [0.4, 0.5) is 4.79 Å². The van der Waals surface area contributed by atoms with Crippen molar-refractivity contribution in [3.05, 3.63) is 24.3 Å². The Bertz CT molecular complexity index is 422. The molecule has 0 spiro atoms. The van der Waals surface area contributed by atoms with Crippen LogP contribution >= 0.6 is 0 Å². The molecule has 1 aromatic rings. The lowest BCUT2D eigenvalue weighted by molar-refractivity contribution is 0.0678. The van der Waals surface area contributed by atoms with Gasteiger partial charge < -0.3 is 19.7 Å². The van der Waals surface area contributed by atoms with Crippen molar-refractivity contribution >= 4 is 6.03 Å². The van der Waals surface area contributed by atoms with Gasteiger partial charge in [-0.25, -0.2) is 4.79 Å². The van der Waals surface area contributed by atoms with E-state index in [1.165, 1.54) is 0 Å². The highest BCUT2D eigenvalue weighted by Gasteiger charge is 2.24. The van der Waals surface area contributed by atoms with Gasteiger partial charge in [0.2, 0.25) is 0 Å². The summed E-state index contributed by atoms with van der Waals surface area (Å²) in [5.41, 5.74) is 0. The Morgan fingerprint density at radius 1 is 1.44 bits per heavy atom. The normalized spacial score (nSPS) is 17.1. The zero-order valence-electron chi connectivity index (χ0n) is 10.7. The molecular weight excluding hydrogens is 232 g/mol. The molecule has 0 aliphatic carbocycles. The van der Waals surface area contributed by atoms with Gasteiger partial charge in [-0.15, -0.1) is 0 Å². The molecule has 5 nitrogen and oxygen atoms in total. The third-order valence-electron chi connectivity index (χ3n) is 2.87. The molecule has 1 heterocycles. The van der Waals surface area contributed by atoms with Crippen LogP contribution in [0.5, 0.6) is 11.5 Å². The van der Waals surface area contributed by atoms with E-state index in [9.17, 15) is 4.79 Å². The molecule has 1 aliphatic rings. The highest BCUT2D eigenvalue weighted by atomic mass is 16.6. The average Bonchev–Trinajstić information content (AvgIpc) is 2.43. The Balaban J connectivity index is 1.98. The molecule has 0 aromatic heterocycles. The van der Waals surface area contributed by atoms with E-state index in [1.807, 2.05) is 31.2 Å². The summed E-state index contributed by atoms with van der Waals surface area (Å²) < 4.78 is 11.4. The van der Waals surface area contributed by atoms with Gasteiger partial charge in [0, 0.05) is 13.6 Å². The van der Waals surface area contributed by atoms with Crippen LogP contribution in [0.1, 0.15) is 6.92 Å². The van der Waals surface area contributed by atoms with Gasteiger partial charge in [-0.05, 0) is 19.1 Å². The number of hydrogen-bond acceptors (Lipinski definition) is 3. The number of fused-ring (bicyclic) bond motifs is 1. The molecule has 2 rings (SSSR count). The first-order valence-corrected chi connectivity index (χ1v) is 6.09. The number of nitrogens with zero attached hydrogens (tertiary/aromatic N) is 1. The minimum atomic E-state index is -0.128. The quantitative estimate of drug-likeness (QED) is 0.884. The van der Waals surface area contributed by atoms with Crippen molar-refractivity contribution in [3.63, 3.8) is 0 Å². The van der Waals surface area contributed by atoms with Gasteiger partial charge in [-0.3, -0.25) is 0 Å². The third-order valence-corrected chi connectivity index (χ3v) is 2.87. The fraction of sp³-hybridized carbons (Fsp3) is 0.462. The number of nitrogens with one attached hydrogen (secondary N) is 1. The molecule has 1 N–H and O–H groups in total. The van der Waals surface area contributed by atoms with Crippen LogP contribution in [0.15, 0.2) is 24.3 Å². The van der Waals surface area contributed by atoms with E-state index in [4.69, 9.17) is 9.47 Å². The summed E-state index contributed by atoms with van der Waals surface area (Å²) in [5.74, 6) is 1.50. The Kier molecular flexibility index (Phi) is 3.92. The summed E-state index contributed by atoms with van der Waals surface area (Å²) in [7, 11) is 1.62.